The molecular weight excluding hydrogens is 252 g/mol. The van der Waals surface area contributed by atoms with Gasteiger partial charge in [0.25, 0.3) is 0 Å². The van der Waals surface area contributed by atoms with Crippen molar-refractivity contribution in [3.8, 4) is 11.5 Å². The van der Waals surface area contributed by atoms with Crippen LogP contribution in [0.4, 0.5) is 14.5 Å². The Hall–Kier alpha value is -2.30. The van der Waals surface area contributed by atoms with Gasteiger partial charge in [-0.3, -0.25) is 0 Å². The maximum atomic E-state index is 13.3. The molecule has 100 valence electrons. The van der Waals surface area contributed by atoms with Crippen LogP contribution < -0.4 is 15.2 Å². The first-order valence-electron chi connectivity index (χ1n) is 5.60. The van der Waals surface area contributed by atoms with Gasteiger partial charge in [-0.15, -0.1) is 0 Å². The zero-order valence-electron chi connectivity index (χ0n) is 10.3. The second-order valence-corrected chi connectivity index (χ2v) is 3.94. The lowest BCUT2D eigenvalue weighted by atomic mass is 10.2. The minimum atomic E-state index is -0.735. The summed E-state index contributed by atoms with van der Waals surface area (Å²) >= 11 is 0. The summed E-state index contributed by atoms with van der Waals surface area (Å²) in [6.07, 6.45) is 0. The van der Waals surface area contributed by atoms with E-state index in [2.05, 4.69) is 0 Å². The van der Waals surface area contributed by atoms with E-state index in [1.807, 2.05) is 0 Å². The van der Waals surface area contributed by atoms with Crippen LogP contribution in [0.5, 0.6) is 11.5 Å². The monoisotopic (exact) mass is 265 g/mol. The van der Waals surface area contributed by atoms with E-state index >= 15 is 0 Å². The van der Waals surface area contributed by atoms with Crippen LogP contribution in [-0.4, -0.2) is 7.11 Å². The van der Waals surface area contributed by atoms with Crippen molar-refractivity contribution in [1.82, 2.24) is 0 Å². The molecule has 3 nitrogen and oxygen atoms in total. The number of benzene rings is 2. The topological polar surface area (TPSA) is 44.5 Å². The summed E-state index contributed by atoms with van der Waals surface area (Å²) in [6.45, 7) is 0.136. The summed E-state index contributed by atoms with van der Waals surface area (Å²) in [7, 11) is 1.52. The van der Waals surface area contributed by atoms with E-state index in [-0.39, 0.29) is 12.4 Å². The molecule has 0 radical (unpaired) electrons. The van der Waals surface area contributed by atoms with Gasteiger partial charge >= 0.3 is 0 Å². The van der Waals surface area contributed by atoms with Crippen LogP contribution in [0.15, 0.2) is 36.4 Å². The summed E-state index contributed by atoms with van der Waals surface area (Å²) in [5, 5.41) is 0. The van der Waals surface area contributed by atoms with Crippen LogP contribution in [0, 0.1) is 11.6 Å². The largest absolute Gasteiger partial charge is 0.495 e. The van der Waals surface area contributed by atoms with Gasteiger partial charge in [-0.05, 0) is 29.8 Å². The van der Waals surface area contributed by atoms with Crippen LogP contribution in [0.3, 0.4) is 0 Å². The lowest BCUT2D eigenvalue weighted by Crippen LogP contribution is -2.00. The number of hydrogen-bond acceptors (Lipinski definition) is 3. The van der Waals surface area contributed by atoms with Crippen molar-refractivity contribution in [3.63, 3.8) is 0 Å². The van der Waals surface area contributed by atoms with Crippen molar-refractivity contribution in [2.75, 3.05) is 12.8 Å². The summed E-state index contributed by atoms with van der Waals surface area (Å²) in [4.78, 5) is 0. The first-order chi connectivity index (χ1) is 9.10. The highest BCUT2D eigenvalue weighted by atomic mass is 19.1. The first kappa shape index (κ1) is 13.1. The Bertz CT molecular complexity index is 588. The summed E-state index contributed by atoms with van der Waals surface area (Å²) in [5.41, 5.74) is 6.99. The van der Waals surface area contributed by atoms with Gasteiger partial charge in [-0.1, -0.05) is 6.07 Å². The van der Waals surface area contributed by atoms with Crippen LogP contribution in [0.2, 0.25) is 0 Å². The number of nitrogen functional groups attached to an aromatic ring is 1. The first-order valence-corrected chi connectivity index (χ1v) is 5.60. The average molecular weight is 265 g/mol. The number of nitrogens with two attached hydrogens (primary N) is 1. The standard InChI is InChI=1S/C14H13F2NO2/c1-18-14-4-2-9(6-12(14)17)8-19-13-5-3-10(15)7-11(13)16/h2-7H,8,17H2,1H3. The number of hydrogen-bond donors (Lipinski definition) is 1. The molecule has 19 heavy (non-hydrogen) atoms. The molecule has 2 aromatic carbocycles. The van der Waals surface area contributed by atoms with Crippen molar-refractivity contribution in [2.24, 2.45) is 0 Å². The van der Waals surface area contributed by atoms with Crippen LogP contribution >= 0.6 is 0 Å². The molecule has 0 spiro atoms. The Balaban J connectivity index is 2.08. The third-order valence-corrected chi connectivity index (χ3v) is 2.58. The predicted octanol–water partition coefficient (Wildman–Crippen LogP) is 3.13. The zero-order valence-corrected chi connectivity index (χ0v) is 10.3. The summed E-state index contributed by atoms with van der Waals surface area (Å²) in [6, 6.07) is 8.31. The Morgan fingerprint density at radius 2 is 1.79 bits per heavy atom. The van der Waals surface area contributed by atoms with Crippen LogP contribution in [0.1, 0.15) is 5.56 Å². The van der Waals surface area contributed by atoms with E-state index < -0.39 is 11.6 Å². The Labute approximate surface area is 109 Å². The van der Waals surface area contributed by atoms with Crippen molar-refractivity contribution in [3.05, 3.63) is 53.6 Å². The molecule has 0 atom stereocenters. The number of rotatable bonds is 4. The van der Waals surface area contributed by atoms with Gasteiger partial charge in [-0.2, -0.15) is 0 Å². The molecule has 0 bridgehead atoms. The molecule has 2 N–H and O–H groups in total. The van der Waals surface area contributed by atoms with E-state index in [0.29, 0.717) is 11.4 Å². The predicted molar refractivity (Wildman–Crippen MR) is 68.1 cm³/mol. The minimum Gasteiger partial charge on any atom is -0.495 e. The molecule has 2 aromatic rings. The van der Waals surface area contributed by atoms with Crippen molar-refractivity contribution < 1.29 is 18.3 Å². The van der Waals surface area contributed by atoms with E-state index in [0.717, 1.165) is 17.7 Å². The molecule has 0 heterocycles. The maximum absolute atomic E-state index is 13.3. The smallest absolute Gasteiger partial charge is 0.167 e. The van der Waals surface area contributed by atoms with Crippen LogP contribution in [0.25, 0.3) is 0 Å². The second kappa shape index (κ2) is 5.56. The quantitative estimate of drug-likeness (QED) is 0.864. The minimum absolute atomic E-state index is 0.00390. The Kier molecular flexibility index (Phi) is 3.85. The highest BCUT2D eigenvalue weighted by Gasteiger charge is 2.06. The fourth-order valence-electron chi connectivity index (χ4n) is 1.63. The molecular formula is C14H13F2NO2. The molecule has 0 unspecified atom stereocenters. The number of anilines is 1. The fourth-order valence-corrected chi connectivity index (χ4v) is 1.63. The molecule has 0 aliphatic carbocycles. The van der Waals surface area contributed by atoms with E-state index in [9.17, 15) is 8.78 Å². The Morgan fingerprint density at radius 1 is 1.05 bits per heavy atom. The molecule has 0 aromatic heterocycles. The number of ether oxygens (including phenoxy) is 2. The third kappa shape index (κ3) is 3.13. The number of methoxy groups -OCH3 is 1. The van der Waals surface area contributed by atoms with E-state index in [1.165, 1.54) is 13.2 Å². The highest BCUT2D eigenvalue weighted by molar-refractivity contribution is 5.54. The van der Waals surface area contributed by atoms with E-state index in [1.54, 1.807) is 18.2 Å². The number of halogens is 2. The van der Waals surface area contributed by atoms with Gasteiger partial charge in [0.05, 0.1) is 12.8 Å². The normalized spacial score (nSPS) is 10.3. The lowest BCUT2D eigenvalue weighted by molar-refractivity contribution is 0.289. The second-order valence-electron chi connectivity index (χ2n) is 3.94. The van der Waals surface area contributed by atoms with Gasteiger partial charge < -0.3 is 15.2 Å². The van der Waals surface area contributed by atoms with Gasteiger partial charge in [-0.25, -0.2) is 8.78 Å². The zero-order chi connectivity index (χ0) is 13.8. The molecule has 0 saturated carbocycles. The fraction of sp³-hybridized carbons (Fsp3) is 0.143. The van der Waals surface area contributed by atoms with Crippen molar-refractivity contribution in [2.45, 2.75) is 6.61 Å². The maximum Gasteiger partial charge on any atom is 0.167 e. The molecule has 5 heteroatoms. The molecule has 0 fully saturated rings. The van der Waals surface area contributed by atoms with Gasteiger partial charge in [0.15, 0.2) is 11.6 Å². The van der Waals surface area contributed by atoms with Crippen molar-refractivity contribution in [1.29, 1.82) is 0 Å². The lowest BCUT2D eigenvalue weighted by Gasteiger charge is -2.09. The van der Waals surface area contributed by atoms with Crippen molar-refractivity contribution >= 4 is 5.69 Å². The van der Waals surface area contributed by atoms with Crippen LogP contribution in [-0.2, 0) is 6.61 Å². The highest BCUT2D eigenvalue weighted by Crippen LogP contribution is 2.23. The van der Waals surface area contributed by atoms with E-state index in [4.69, 9.17) is 15.2 Å². The molecule has 0 aliphatic heterocycles. The molecule has 0 saturated heterocycles. The summed E-state index contributed by atoms with van der Waals surface area (Å²) in [5.74, 6) is -0.812. The summed E-state index contributed by atoms with van der Waals surface area (Å²) < 4.78 is 36.4. The molecule has 2 rings (SSSR count). The molecule has 0 aliphatic rings. The third-order valence-electron chi connectivity index (χ3n) is 2.58. The molecule has 0 amide bonds. The van der Waals surface area contributed by atoms with Gasteiger partial charge in [0.1, 0.15) is 18.2 Å². The Morgan fingerprint density at radius 3 is 2.42 bits per heavy atom. The average Bonchev–Trinajstić information content (AvgIpc) is 2.38. The van der Waals surface area contributed by atoms with Gasteiger partial charge in [0, 0.05) is 6.07 Å². The van der Waals surface area contributed by atoms with Gasteiger partial charge in [0.2, 0.25) is 0 Å². The SMILES string of the molecule is COc1ccc(COc2ccc(F)cc2F)cc1N.